The maximum absolute atomic E-state index is 12.6. The lowest BCUT2D eigenvalue weighted by atomic mass is 10.1. The second kappa shape index (κ2) is 6.09. The Kier molecular flexibility index (Phi) is 5.04. The first-order valence-corrected chi connectivity index (χ1v) is 5.71. The summed E-state index contributed by atoms with van der Waals surface area (Å²) in [6.07, 6.45) is -0.991. The molecule has 80 valence electrons. The van der Waals surface area contributed by atoms with Gasteiger partial charge in [0.1, 0.15) is 0 Å². The van der Waals surface area contributed by atoms with Crippen molar-refractivity contribution in [2.24, 2.45) is 0 Å². The van der Waals surface area contributed by atoms with Crippen molar-refractivity contribution in [1.82, 2.24) is 5.32 Å². The molecule has 14 heavy (non-hydrogen) atoms. The van der Waals surface area contributed by atoms with Crippen LogP contribution >= 0.6 is 11.3 Å². The Bertz CT molecular complexity index is 236. The van der Waals surface area contributed by atoms with Crippen molar-refractivity contribution in [3.05, 3.63) is 22.4 Å². The predicted octanol–water partition coefficient (Wildman–Crippen LogP) is 2.92. The lowest BCUT2D eigenvalue weighted by molar-refractivity contribution is 0.0983. The van der Waals surface area contributed by atoms with E-state index in [0.717, 1.165) is 12.0 Å². The number of nitrogens with one attached hydrogen (secondary N) is 1. The van der Waals surface area contributed by atoms with E-state index in [-0.39, 0.29) is 0 Å². The van der Waals surface area contributed by atoms with Crippen molar-refractivity contribution in [2.45, 2.75) is 32.2 Å². The summed E-state index contributed by atoms with van der Waals surface area (Å²) in [5.41, 5.74) is 0.990. The molecule has 0 aliphatic rings. The fourth-order valence-corrected chi connectivity index (χ4v) is 1.92. The van der Waals surface area contributed by atoms with E-state index in [9.17, 15) is 8.78 Å². The van der Waals surface area contributed by atoms with Crippen molar-refractivity contribution in [2.75, 3.05) is 6.54 Å². The van der Waals surface area contributed by atoms with Gasteiger partial charge in [0.25, 0.3) is 6.43 Å². The van der Waals surface area contributed by atoms with Crippen LogP contribution in [0.25, 0.3) is 0 Å². The average molecular weight is 219 g/mol. The number of alkyl halides is 2. The van der Waals surface area contributed by atoms with Gasteiger partial charge in [0.2, 0.25) is 0 Å². The third kappa shape index (κ3) is 3.72. The highest BCUT2D eigenvalue weighted by atomic mass is 32.1. The summed E-state index contributed by atoms with van der Waals surface area (Å²) in [5.74, 6) is 0. The van der Waals surface area contributed by atoms with Crippen LogP contribution < -0.4 is 5.32 Å². The smallest absolute Gasteiger partial charge is 0.254 e. The van der Waals surface area contributed by atoms with E-state index >= 15 is 0 Å². The van der Waals surface area contributed by atoms with Crippen LogP contribution in [0.3, 0.4) is 0 Å². The van der Waals surface area contributed by atoms with E-state index in [1.54, 1.807) is 11.3 Å². The zero-order valence-corrected chi connectivity index (χ0v) is 8.99. The molecule has 0 radical (unpaired) electrons. The highest BCUT2D eigenvalue weighted by molar-refractivity contribution is 7.07. The molecule has 1 aromatic heterocycles. The summed E-state index contributed by atoms with van der Waals surface area (Å²) in [6.45, 7) is 2.62. The molecule has 0 saturated heterocycles. The van der Waals surface area contributed by atoms with Crippen molar-refractivity contribution >= 4 is 11.3 Å². The van der Waals surface area contributed by atoms with E-state index < -0.39 is 12.5 Å². The SMILES string of the molecule is CCCNC(Cc1ccsc1)C(F)F. The summed E-state index contributed by atoms with van der Waals surface area (Å²) < 4.78 is 25.1. The molecule has 1 N–H and O–H groups in total. The van der Waals surface area contributed by atoms with Crippen LogP contribution in [0.15, 0.2) is 16.8 Å². The quantitative estimate of drug-likeness (QED) is 0.775. The highest BCUT2D eigenvalue weighted by Crippen LogP contribution is 2.12. The van der Waals surface area contributed by atoms with E-state index in [0.29, 0.717) is 13.0 Å². The third-order valence-electron chi connectivity index (χ3n) is 2.00. The Morgan fingerprint density at radius 3 is 2.79 bits per heavy atom. The Morgan fingerprint density at radius 2 is 2.29 bits per heavy atom. The lowest BCUT2D eigenvalue weighted by Gasteiger charge is -2.16. The molecule has 4 heteroatoms. The van der Waals surface area contributed by atoms with Crippen LogP contribution in [-0.2, 0) is 6.42 Å². The molecule has 1 heterocycles. The monoisotopic (exact) mass is 219 g/mol. The summed E-state index contributed by atoms with van der Waals surface area (Å²) in [7, 11) is 0. The normalized spacial score (nSPS) is 13.4. The average Bonchev–Trinajstić information content (AvgIpc) is 2.64. The Balaban J connectivity index is 2.43. The molecule has 1 atom stereocenters. The van der Waals surface area contributed by atoms with Gasteiger partial charge in [-0.05, 0) is 41.8 Å². The van der Waals surface area contributed by atoms with Crippen LogP contribution in [0, 0.1) is 0 Å². The molecule has 0 aliphatic carbocycles. The fourth-order valence-electron chi connectivity index (χ4n) is 1.24. The van der Waals surface area contributed by atoms with Crippen LogP contribution in [-0.4, -0.2) is 19.0 Å². The van der Waals surface area contributed by atoms with Gasteiger partial charge in [0, 0.05) is 0 Å². The molecule has 0 aromatic carbocycles. The lowest BCUT2D eigenvalue weighted by Crippen LogP contribution is -2.37. The topological polar surface area (TPSA) is 12.0 Å². The van der Waals surface area contributed by atoms with Gasteiger partial charge in [-0.3, -0.25) is 0 Å². The largest absolute Gasteiger partial charge is 0.309 e. The molecule has 1 unspecified atom stereocenters. The minimum absolute atomic E-state index is 0.418. The fraction of sp³-hybridized carbons (Fsp3) is 0.600. The molecule has 1 aromatic rings. The van der Waals surface area contributed by atoms with Crippen molar-refractivity contribution in [3.8, 4) is 0 Å². The van der Waals surface area contributed by atoms with Gasteiger partial charge in [-0.25, -0.2) is 8.78 Å². The number of thiophene rings is 1. The maximum atomic E-state index is 12.6. The van der Waals surface area contributed by atoms with Gasteiger partial charge >= 0.3 is 0 Å². The maximum Gasteiger partial charge on any atom is 0.254 e. The molecule has 0 aliphatic heterocycles. The first-order chi connectivity index (χ1) is 6.74. The molecule has 0 fully saturated rings. The second-order valence-corrected chi connectivity index (χ2v) is 4.01. The molecule has 1 rings (SSSR count). The Labute approximate surface area is 87.1 Å². The van der Waals surface area contributed by atoms with Crippen LogP contribution in [0.1, 0.15) is 18.9 Å². The number of hydrogen-bond acceptors (Lipinski definition) is 2. The molecular formula is C10H15F2NS. The summed E-state index contributed by atoms with van der Waals surface area (Å²) >= 11 is 1.54. The van der Waals surface area contributed by atoms with Gasteiger partial charge in [-0.2, -0.15) is 11.3 Å². The van der Waals surface area contributed by atoms with E-state index in [1.165, 1.54) is 0 Å². The van der Waals surface area contributed by atoms with Crippen molar-refractivity contribution in [3.63, 3.8) is 0 Å². The van der Waals surface area contributed by atoms with Gasteiger partial charge < -0.3 is 5.32 Å². The van der Waals surface area contributed by atoms with Gasteiger partial charge in [-0.15, -0.1) is 0 Å². The van der Waals surface area contributed by atoms with E-state index in [4.69, 9.17) is 0 Å². The van der Waals surface area contributed by atoms with Crippen LogP contribution in [0.4, 0.5) is 8.78 Å². The number of hydrogen-bond donors (Lipinski definition) is 1. The molecule has 0 amide bonds. The molecule has 0 spiro atoms. The first-order valence-electron chi connectivity index (χ1n) is 4.76. The van der Waals surface area contributed by atoms with E-state index in [2.05, 4.69) is 5.32 Å². The minimum Gasteiger partial charge on any atom is -0.309 e. The Hall–Kier alpha value is -0.480. The second-order valence-electron chi connectivity index (χ2n) is 3.23. The molecular weight excluding hydrogens is 204 g/mol. The predicted molar refractivity (Wildman–Crippen MR) is 56.1 cm³/mol. The first kappa shape index (κ1) is 11.6. The summed E-state index contributed by atoms with van der Waals surface area (Å²) in [6, 6.07) is 1.19. The van der Waals surface area contributed by atoms with Gasteiger partial charge in [0.05, 0.1) is 6.04 Å². The van der Waals surface area contributed by atoms with E-state index in [1.807, 2.05) is 23.8 Å². The molecule has 1 nitrogen and oxygen atoms in total. The summed E-state index contributed by atoms with van der Waals surface area (Å²) in [4.78, 5) is 0. The Morgan fingerprint density at radius 1 is 1.50 bits per heavy atom. The van der Waals surface area contributed by atoms with Crippen LogP contribution in [0.5, 0.6) is 0 Å². The zero-order valence-electron chi connectivity index (χ0n) is 8.17. The van der Waals surface area contributed by atoms with Crippen molar-refractivity contribution < 1.29 is 8.78 Å². The number of halogens is 2. The third-order valence-corrected chi connectivity index (χ3v) is 2.73. The molecule has 0 bridgehead atoms. The zero-order chi connectivity index (χ0) is 10.4. The van der Waals surface area contributed by atoms with Crippen LogP contribution in [0.2, 0.25) is 0 Å². The standard InChI is InChI=1S/C10H15F2NS/c1-2-4-13-9(10(11)12)6-8-3-5-14-7-8/h3,5,7,9-10,13H,2,4,6H2,1H3. The molecule has 0 saturated carbocycles. The van der Waals surface area contributed by atoms with Gasteiger partial charge in [0.15, 0.2) is 0 Å². The summed E-state index contributed by atoms with van der Waals surface area (Å²) in [5, 5.41) is 6.70. The minimum atomic E-state index is -2.29. The van der Waals surface area contributed by atoms with Crippen molar-refractivity contribution in [1.29, 1.82) is 0 Å². The van der Waals surface area contributed by atoms with Gasteiger partial charge in [-0.1, -0.05) is 6.92 Å². The highest BCUT2D eigenvalue weighted by Gasteiger charge is 2.19. The number of rotatable bonds is 6.